The van der Waals surface area contributed by atoms with Crippen LogP contribution in [0.25, 0.3) is 0 Å². The molecule has 106 valence electrons. The normalized spacial score (nSPS) is 13.7. The molecule has 0 saturated heterocycles. The summed E-state index contributed by atoms with van der Waals surface area (Å²) in [5.74, 6) is -1.09. The number of nitrogens with zero attached hydrogens (tertiary/aromatic N) is 1. The lowest BCUT2D eigenvalue weighted by atomic mass is 10.2. The second kappa shape index (κ2) is 5.96. The van der Waals surface area contributed by atoms with Crippen LogP contribution in [0.2, 0.25) is 5.02 Å². The van der Waals surface area contributed by atoms with Crippen molar-refractivity contribution in [2.45, 2.75) is 18.9 Å². The zero-order valence-electron chi connectivity index (χ0n) is 10.8. The number of urea groups is 1. The summed E-state index contributed by atoms with van der Waals surface area (Å²) in [6, 6.07) is 4.20. The van der Waals surface area contributed by atoms with Crippen LogP contribution in [0, 0.1) is 0 Å². The third-order valence-electron chi connectivity index (χ3n) is 2.97. The highest BCUT2D eigenvalue weighted by Crippen LogP contribution is 2.28. The number of nitrogens with one attached hydrogen (secondary N) is 1. The molecule has 0 spiro atoms. The number of hydrogen-bond acceptors (Lipinski definition) is 2. The molecular formula is C14H15ClN2O3. The number of benzene rings is 1. The number of carboxylic acids is 1. The van der Waals surface area contributed by atoms with Gasteiger partial charge in [-0.25, -0.2) is 9.59 Å². The Morgan fingerprint density at radius 2 is 2.15 bits per heavy atom. The molecule has 0 aromatic heterocycles. The Morgan fingerprint density at radius 3 is 2.70 bits per heavy atom. The van der Waals surface area contributed by atoms with Crippen LogP contribution >= 0.6 is 11.6 Å². The van der Waals surface area contributed by atoms with Crippen molar-refractivity contribution in [3.8, 4) is 0 Å². The van der Waals surface area contributed by atoms with Gasteiger partial charge in [0.15, 0.2) is 0 Å². The second-order valence-corrected chi connectivity index (χ2v) is 5.07. The summed E-state index contributed by atoms with van der Waals surface area (Å²) in [6.45, 7) is 4.09. The van der Waals surface area contributed by atoms with E-state index >= 15 is 0 Å². The monoisotopic (exact) mass is 294 g/mol. The van der Waals surface area contributed by atoms with E-state index < -0.39 is 5.97 Å². The van der Waals surface area contributed by atoms with Crippen molar-refractivity contribution >= 4 is 29.3 Å². The third kappa shape index (κ3) is 3.51. The fourth-order valence-electron chi connectivity index (χ4n) is 1.90. The number of aromatic carboxylic acids is 1. The van der Waals surface area contributed by atoms with Gasteiger partial charge in [0.2, 0.25) is 0 Å². The third-order valence-corrected chi connectivity index (χ3v) is 3.19. The van der Waals surface area contributed by atoms with Crippen molar-refractivity contribution in [3.05, 3.63) is 41.4 Å². The predicted molar refractivity (Wildman–Crippen MR) is 77.4 cm³/mol. The number of anilines is 1. The number of halogens is 1. The van der Waals surface area contributed by atoms with Crippen molar-refractivity contribution in [3.63, 3.8) is 0 Å². The van der Waals surface area contributed by atoms with Crippen molar-refractivity contribution in [1.82, 2.24) is 4.90 Å². The molecule has 2 rings (SSSR count). The van der Waals surface area contributed by atoms with Crippen LogP contribution in [-0.2, 0) is 0 Å². The van der Waals surface area contributed by atoms with E-state index in [1.807, 2.05) is 0 Å². The van der Waals surface area contributed by atoms with Gasteiger partial charge in [-0.3, -0.25) is 0 Å². The van der Waals surface area contributed by atoms with E-state index in [0.29, 0.717) is 12.2 Å². The van der Waals surface area contributed by atoms with E-state index in [1.54, 1.807) is 11.0 Å². The van der Waals surface area contributed by atoms with Gasteiger partial charge in [-0.1, -0.05) is 17.7 Å². The highest BCUT2D eigenvalue weighted by atomic mass is 35.5. The highest BCUT2D eigenvalue weighted by Gasteiger charge is 2.31. The first-order valence-corrected chi connectivity index (χ1v) is 6.61. The molecule has 20 heavy (non-hydrogen) atoms. The maximum absolute atomic E-state index is 12.2. The second-order valence-electron chi connectivity index (χ2n) is 4.64. The van der Waals surface area contributed by atoms with Crippen molar-refractivity contribution in [2.75, 3.05) is 11.9 Å². The van der Waals surface area contributed by atoms with Crippen molar-refractivity contribution < 1.29 is 14.7 Å². The van der Waals surface area contributed by atoms with Gasteiger partial charge in [0.25, 0.3) is 0 Å². The quantitative estimate of drug-likeness (QED) is 0.819. The van der Waals surface area contributed by atoms with Crippen LogP contribution < -0.4 is 5.32 Å². The lowest BCUT2D eigenvalue weighted by molar-refractivity contribution is 0.0697. The number of rotatable bonds is 5. The Balaban J connectivity index is 2.13. The molecular weight excluding hydrogens is 280 g/mol. The van der Waals surface area contributed by atoms with Gasteiger partial charge in [0.1, 0.15) is 0 Å². The Hall–Kier alpha value is -2.01. The minimum atomic E-state index is -1.09. The molecule has 1 aromatic rings. The maximum Gasteiger partial charge on any atom is 0.335 e. The fourth-order valence-corrected chi connectivity index (χ4v) is 2.14. The molecule has 0 radical (unpaired) electrons. The highest BCUT2D eigenvalue weighted by molar-refractivity contribution is 6.31. The van der Waals surface area contributed by atoms with E-state index in [2.05, 4.69) is 11.9 Å². The number of carbonyl (C=O) groups excluding carboxylic acids is 1. The molecule has 1 saturated carbocycles. The van der Waals surface area contributed by atoms with Crippen LogP contribution in [0.5, 0.6) is 0 Å². The van der Waals surface area contributed by atoms with E-state index in [0.717, 1.165) is 12.8 Å². The van der Waals surface area contributed by atoms with Crippen LogP contribution in [0.3, 0.4) is 0 Å². The van der Waals surface area contributed by atoms with Gasteiger partial charge in [-0.15, -0.1) is 6.58 Å². The Labute approximate surface area is 121 Å². The first-order valence-electron chi connectivity index (χ1n) is 6.23. The van der Waals surface area contributed by atoms with Crippen LogP contribution in [-0.4, -0.2) is 34.6 Å². The van der Waals surface area contributed by atoms with E-state index in [4.69, 9.17) is 16.7 Å². The average Bonchev–Trinajstić information content (AvgIpc) is 3.19. The van der Waals surface area contributed by atoms with Crippen molar-refractivity contribution in [1.29, 1.82) is 0 Å². The largest absolute Gasteiger partial charge is 0.478 e. The van der Waals surface area contributed by atoms with Crippen LogP contribution in [0.1, 0.15) is 23.2 Å². The first kappa shape index (κ1) is 14.4. The first-order chi connectivity index (χ1) is 9.51. The molecule has 0 heterocycles. The maximum atomic E-state index is 12.2. The minimum Gasteiger partial charge on any atom is -0.478 e. The van der Waals surface area contributed by atoms with Gasteiger partial charge in [-0.2, -0.15) is 0 Å². The number of amides is 2. The molecule has 1 aromatic carbocycles. The topological polar surface area (TPSA) is 69.6 Å². The van der Waals surface area contributed by atoms with Crippen molar-refractivity contribution in [2.24, 2.45) is 0 Å². The van der Waals surface area contributed by atoms with E-state index in [-0.39, 0.29) is 22.7 Å². The molecule has 1 aliphatic carbocycles. The Bertz CT molecular complexity index is 555. The average molecular weight is 295 g/mol. The summed E-state index contributed by atoms with van der Waals surface area (Å²) in [7, 11) is 0. The Kier molecular flexibility index (Phi) is 4.29. The molecule has 1 fully saturated rings. The summed E-state index contributed by atoms with van der Waals surface area (Å²) < 4.78 is 0. The summed E-state index contributed by atoms with van der Waals surface area (Å²) in [5, 5.41) is 11.9. The summed E-state index contributed by atoms with van der Waals surface area (Å²) in [5.41, 5.74) is 0.407. The van der Waals surface area contributed by atoms with Gasteiger partial charge in [0, 0.05) is 23.3 Å². The fraction of sp³-hybridized carbons (Fsp3) is 0.286. The lowest BCUT2D eigenvalue weighted by Crippen LogP contribution is -2.36. The molecule has 6 heteroatoms. The molecule has 2 amide bonds. The summed E-state index contributed by atoms with van der Waals surface area (Å²) in [4.78, 5) is 24.8. The zero-order chi connectivity index (χ0) is 14.7. The van der Waals surface area contributed by atoms with E-state index in [1.165, 1.54) is 18.2 Å². The summed E-state index contributed by atoms with van der Waals surface area (Å²) in [6.07, 6.45) is 3.63. The van der Waals surface area contributed by atoms with Crippen LogP contribution in [0.15, 0.2) is 30.9 Å². The molecule has 5 nitrogen and oxygen atoms in total. The minimum absolute atomic E-state index is 0.0366. The van der Waals surface area contributed by atoms with Gasteiger partial charge < -0.3 is 15.3 Å². The lowest BCUT2D eigenvalue weighted by Gasteiger charge is -2.21. The Morgan fingerprint density at radius 1 is 1.45 bits per heavy atom. The van der Waals surface area contributed by atoms with Crippen LogP contribution in [0.4, 0.5) is 10.5 Å². The standard InChI is InChI=1S/C14H15ClN2O3/c1-2-5-17(12-3-4-12)14(20)16-11-7-9(13(18)19)6-10(15)8-11/h2,6-8,12H,1,3-5H2,(H,16,20)(H,18,19). The van der Waals surface area contributed by atoms with E-state index in [9.17, 15) is 9.59 Å². The van der Waals surface area contributed by atoms with Gasteiger partial charge >= 0.3 is 12.0 Å². The number of hydrogen-bond donors (Lipinski definition) is 2. The van der Waals surface area contributed by atoms with Gasteiger partial charge in [0.05, 0.1) is 5.56 Å². The molecule has 0 unspecified atom stereocenters. The summed E-state index contributed by atoms with van der Waals surface area (Å²) >= 11 is 5.85. The molecule has 0 aliphatic heterocycles. The SMILES string of the molecule is C=CCN(C(=O)Nc1cc(Cl)cc(C(=O)O)c1)C1CC1. The zero-order valence-corrected chi connectivity index (χ0v) is 11.6. The smallest absolute Gasteiger partial charge is 0.335 e. The predicted octanol–water partition coefficient (Wildman–Crippen LogP) is 3.22. The molecule has 2 N–H and O–H groups in total. The molecule has 0 atom stereocenters. The number of carbonyl (C=O) groups is 2. The number of carboxylic acid groups (broad SMARTS) is 1. The van der Waals surface area contributed by atoms with Gasteiger partial charge in [-0.05, 0) is 31.0 Å². The molecule has 0 bridgehead atoms. The molecule has 1 aliphatic rings.